The predicted octanol–water partition coefficient (Wildman–Crippen LogP) is 5.89. The third kappa shape index (κ3) is 6.13. The summed E-state index contributed by atoms with van der Waals surface area (Å²) in [6.07, 6.45) is 1.43. The van der Waals surface area contributed by atoms with Gasteiger partial charge in [-0.15, -0.1) is 0 Å². The number of fused-ring (bicyclic) bond motifs is 1. The molecule has 4 aromatic rings. The summed E-state index contributed by atoms with van der Waals surface area (Å²) in [5, 5.41) is 6.66. The van der Waals surface area contributed by atoms with Crippen LogP contribution in [0.5, 0.6) is 11.5 Å². The molecule has 170 valence electrons. The highest BCUT2D eigenvalue weighted by molar-refractivity contribution is 6.36. The van der Waals surface area contributed by atoms with Crippen molar-refractivity contribution in [1.29, 1.82) is 0 Å². The Balaban J connectivity index is 1.30. The average Bonchev–Trinajstić information content (AvgIpc) is 2.83. The van der Waals surface area contributed by atoms with Crippen LogP contribution < -0.4 is 14.9 Å². The summed E-state index contributed by atoms with van der Waals surface area (Å²) in [6, 6.07) is 24.7. The molecular formula is C26H18Cl2N2O4. The lowest BCUT2D eigenvalue weighted by Crippen LogP contribution is -2.24. The Kier molecular flexibility index (Phi) is 7.42. The van der Waals surface area contributed by atoms with E-state index >= 15 is 0 Å². The third-order valence-electron chi connectivity index (χ3n) is 4.71. The molecule has 1 N–H and O–H groups in total. The van der Waals surface area contributed by atoms with Gasteiger partial charge in [0.1, 0.15) is 11.5 Å². The summed E-state index contributed by atoms with van der Waals surface area (Å²) < 4.78 is 10.9. The van der Waals surface area contributed by atoms with Gasteiger partial charge in [0, 0.05) is 5.02 Å². The molecule has 0 spiro atoms. The van der Waals surface area contributed by atoms with Gasteiger partial charge in [-0.3, -0.25) is 4.79 Å². The van der Waals surface area contributed by atoms with E-state index in [9.17, 15) is 9.59 Å². The van der Waals surface area contributed by atoms with E-state index in [1.54, 1.807) is 30.3 Å². The number of carbonyl (C=O) groups is 2. The molecule has 4 rings (SSSR count). The van der Waals surface area contributed by atoms with Crippen molar-refractivity contribution >= 4 is 52.1 Å². The first-order valence-corrected chi connectivity index (χ1v) is 10.9. The number of nitrogens with one attached hydrogen (secondary N) is 1. The number of carbonyl (C=O) groups excluding carboxylic acids is 2. The molecule has 0 unspecified atom stereocenters. The van der Waals surface area contributed by atoms with Crippen molar-refractivity contribution in [3.05, 3.63) is 106 Å². The first-order chi connectivity index (χ1) is 16.5. The second-order valence-corrected chi connectivity index (χ2v) is 8.02. The van der Waals surface area contributed by atoms with Crippen LogP contribution in [-0.4, -0.2) is 24.7 Å². The van der Waals surface area contributed by atoms with Crippen molar-refractivity contribution in [2.45, 2.75) is 0 Å². The van der Waals surface area contributed by atoms with Gasteiger partial charge in [0.2, 0.25) is 0 Å². The Bertz CT molecular complexity index is 1390. The number of ether oxygens (including phenoxy) is 2. The molecule has 0 aliphatic carbocycles. The first-order valence-electron chi connectivity index (χ1n) is 10.2. The van der Waals surface area contributed by atoms with Crippen LogP contribution in [0.4, 0.5) is 0 Å². The molecule has 0 saturated heterocycles. The number of benzene rings is 4. The molecule has 6 nitrogen and oxygen atoms in total. The van der Waals surface area contributed by atoms with E-state index in [-0.39, 0.29) is 17.2 Å². The SMILES string of the molecule is O=C(COc1ccc2ccccc2c1)N/N=C\c1cccc(OC(=O)c2ccc(Cl)cc2Cl)c1. The van der Waals surface area contributed by atoms with E-state index in [4.69, 9.17) is 32.7 Å². The van der Waals surface area contributed by atoms with Gasteiger partial charge >= 0.3 is 5.97 Å². The summed E-state index contributed by atoms with van der Waals surface area (Å²) in [7, 11) is 0. The molecule has 0 heterocycles. The lowest BCUT2D eigenvalue weighted by Gasteiger charge is -2.07. The fourth-order valence-electron chi connectivity index (χ4n) is 3.09. The summed E-state index contributed by atoms with van der Waals surface area (Å²) in [5.74, 6) is -0.140. The van der Waals surface area contributed by atoms with Crippen molar-refractivity contribution in [2.24, 2.45) is 5.10 Å². The number of rotatable bonds is 7. The number of nitrogens with zero attached hydrogens (tertiary/aromatic N) is 1. The topological polar surface area (TPSA) is 77.0 Å². The van der Waals surface area contributed by atoms with E-state index in [1.165, 1.54) is 18.3 Å². The van der Waals surface area contributed by atoms with Gasteiger partial charge in [0.05, 0.1) is 16.8 Å². The molecule has 34 heavy (non-hydrogen) atoms. The van der Waals surface area contributed by atoms with Gasteiger partial charge in [-0.1, -0.05) is 65.7 Å². The minimum Gasteiger partial charge on any atom is -0.484 e. The average molecular weight is 493 g/mol. The van der Waals surface area contributed by atoms with Crippen molar-refractivity contribution in [2.75, 3.05) is 6.61 Å². The Morgan fingerprint density at radius 3 is 2.50 bits per heavy atom. The minimum absolute atomic E-state index is 0.185. The molecule has 0 aliphatic heterocycles. The highest BCUT2D eigenvalue weighted by Crippen LogP contribution is 2.23. The molecule has 0 fully saturated rings. The van der Waals surface area contributed by atoms with Gasteiger partial charge in [0.25, 0.3) is 5.91 Å². The van der Waals surface area contributed by atoms with E-state index in [0.29, 0.717) is 22.1 Å². The highest BCUT2D eigenvalue weighted by atomic mass is 35.5. The van der Waals surface area contributed by atoms with Crippen LogP contribution in [0.25, 0.3) is 10.8 Å². The van der Waals surface area contributed by atoms with E-state index in [1.807, 2.05) is 42.5 Å². The Morgan fingerprint density at radius 2 is 1.68 bits per heavy atom. The van der Waals surface area contributed by atoms with Crippen LogP contribution >= 0.6 is 23.2 Å². The van der Waals surface area contributed by atoms with Gasteiger partial charge in [-0.2, -0.15) is 5.10 Å². The van der Waals surface area contributed by atoms with E-state index in [0.717, 1.165) is 10.8 Å². The summed E-state index contributed by atoms with van der Waals surface area (Å²) in [4.78, 5) is 24.4. The molecule has 0 atom stereocenters. The normalized spacial score (nSPS) is 10.9. The van der Waals surface area contributed by atoms with Crippen LogP contribution in [0.1, 0.15) is 15.9 Å². The van der Waals surface area contributed by atoms with Gasteiger partial charge in [-0.05, 0) is 58.8 Å². The van der Waals surface area contributed by atoms with Crippen LogP contribution in [0.3, 0.4) is 0 Å². The van der Waals surface area contributed by atoms with Gasteiger partial charge in [-0.25, -0.2) is 10.2 Å². The third-order valence-corrected chi connectivity index (χ3v) is 5.26. The van der Waals surface area contributed by atoms with Crippen molar-refractivity contribution in [3.63, 3.8) is 0 Å². The zero-order valence-electron chi connectivity index (χ0n) is 17.7. The van der Waals surface area contributed by atoms with Gasteiger partial charge in [0.15, 0.2) is 6.61 Å². The lowest BCUT2D eigenvalue weighted by atomic mass is 10.1. The molecule has 0 aromatic heterocycles. The first kappa shape index (κ1) is 23.3. The summed E-state index contributed by atoms with van der Waals surface area (Å²) in [6.45, 7) is -0.185. The van der Waals surface area contributed by atoms with Crippen LogP contribution in [0.15, 0.2) is 90.0 Å². The molecule has 0 aliphatic rings. The standard InChI is InChI=1S/C26H18Cl2N2O4/c27-20-9-11-23(24(28)14-20)26(32)34-22-7-3-4-17(12-22)15-29-30-25(31)16-33-21-10-8-18-5-1-2-6-19(18)13-21/h1-15H,16H2,(H,30,31)/b29-15-. The largest absolute Gasteiger partial charge is 0.484 e. The fourth-order valence-corrected chi connectivity index (χ4v) is 3.58. The van der Waals surface area contributed by atoms with Crippen LogP contribution in [-0.2, 0) is 4.79 Å². The number of amides is 1. The molecule has 0 radical (unpaired) electrons. The van der Waals surface area contributed by atoms with Gasteiger partial charge < -0.3 is 9.47 Å². The summed E-state index contributed by atoms with van der Waals surface area (Å²) >= 11 is 11.9. The quantitative estimate of drug-likeness (QED) is 0.151. The molecule has 1 amide bonds. The molecule has 0 saturated carbocycles. The zero-order valence-corrected chi connectivity index (χ0v) is 19.2. The van der Waals surface area contributed by atoms with Crippen LogP contribution in [0.2, 0.25) is 10.0 Å². The van der Waals surface area contributed by atoms with Crippen LogP contribution in [0, 0.1) is 0 Å². The van der Waals surface area contributed by atoms with Crippen molar-refractivity contribution in [3.8, 4) is 11.5 Å². The number of halogens is 2. The fraction of sp³-hybridized carbons (Fsp3) is 0.0385. The molecular weight excluding hydrogens is 475 g/mol. The monoisotopic (exact) mass is 492 g/mol. The molecule has 8 heteroatoms. The molecule has 0 bridgehead atoms. The van der Waals surface area contributed by atoms with Crippen molar-refractivity contribution < 1.29 is 19.1 Å². The Hall–Kier alpha value is -3.87. The maximum Gasteiger partial charge on any atom is 0.345 e. The zero-order chi connectivity index (χ0) is 23.9. The Labute approximate surface area is 205 Å². The lowest BCUT2D eigenvalue weighted by molar-refractivity contribution is -0.123. The predicted molar refractivity (Wildman–Crippen MR) is 133 cm³/mol. The number of hydrogen-bond donors (Lipinski definition) is 1. The van der Waals surface area contributed by atoms with Crippen molar-refractivity contribution in [1.82, 2.24) is 5.43 Å². The second-order valence-electron chi connectivity index (χ2n) is 7.18. The Morgan fingerprint density at radius 1 is 0.853 bits per heavy atom. The van der Waals surface area contributed by atoms with E-state index in [2.05, 4.69) is 10.5 Å². The minimum atomic E-state index is -0.616. The molecule has 4 aromatic carbocycles. The number of hydrogen-bond acceptors (Lipinski definition) is 5. The summed E-state index contributed by atoms with van der Waals surface area (Å²) in [5.41, 5.74) is 3.22. The maximum absolute atomic E-state index is 12.4. The smallest absolute Gasteiger partial charge is 0.345 e. The second kappa shape index (κ2) is 10.8. The highest BCUT2D eigenvalue weighted by Gasteiger charge is 2.13. The maximum atomic E-state index is 12.4. The van der Waals surface area contributed by atoms with E-state index < -0.39 is 11.9 Å². The number of esters is 1. The number of hydrazone groups is 1.